The minimum atomic E-state index is -1.23. The lowest BCUT2D eigenvalue weighted by molar-refractivity contribution is -0.141. The van der Waals surface area contributed by atoms with E-state index < -0.39 is 36.6 Å². The minimum absolute atomic E-state index is 0.180. The molecule has 6 N–H and O–H groups in total. The van der Waals surface area contributed by atoms with Crippen LogP contribution in [0, 0.1) is 0 Å². The average Bonchev–Trinajstić information content (AvgIpc) is 3.03. The summed E-state index contributed by atoms with van der Waals surface area (Å²) in [4.78, 5) is 44.2. The normalized spacial score (nSPS) is 10.3. The summed E-state index contributed by atoms with van der Waals surface area (Å²) in [5.41, 5.74) is 4.14. The van der Waals surface area contributed by atoms with E-state index in [9.17, 15) is 19.2 Å². The monoisotopic (exact) mass is 920 g/mol. The van der Waals surface area contributed by atoms with E-state index in [2.05, 4.69) is 53.1 Å². The predicted molar refractivity (Wildman–Crippen MR) is 211 cm³/mol. The second kappa shape index (κ2) is 20.4. The highest BCUT2D eigenvalue weighted by molar-refractivity contribution is 9.11. The summed E-state index contributed by atoms with van der Waals surface area (Å²) < 4.78 is 12.7. The summed E-state index contributed by atoms with van der Waals surface area (Å²) >= 11 is 31.2. The number of hydrogen-bond donors (Lipinski definition) is 6. The van der Waals surface area contributed by atoms with E-state index in [4.69, 9.17) is 66.1 Å². The molecule has 12 nitrogen and oxygen atoms in total. The third-order valence-corrected chi connectivity index (χ3v) is 8.62. The topological polar surface area (TPSA) is 175 Å². The number of nitrogens with one attached hydrogen (secondary N) is 4. The summed E-state index contributed by atoms with van der Waals surface area (Å²) in [5.74, 6) is -2.92. The third kappa shape index (κ3) is 13.9. The summed E-state index contributed by atoms with van der Waals surface area (Å²) in [5, 5.41) is 29.7. The second-order valence-corrected chi connectivity index (χ2v) is 13.9. The largest absolute Gasteiger partial charge is 0.487 e. The Labute approximate surface area is 335 Å². The van der Waals surface area contributed by atoms with Gasteiger partial charge in [-0.2, -0.15) is 0 Å². The fourth-order valence-corrected chi connectivity index (χ4v) is 6.82. The number of carboxylic acids is 2. The highest BCUT2D eigenvalue weighted by atomic mass is 79.9. The second-order valence-electron chi connectivity index (χ2n) is 10.5. The Morgan fingerprint density at radius 1 is 0.577 bits per heavy atom. The minimum Gasteiger partial charge on any atom is -0.487 e. The number of halogens is 6. The SMILES string of the molecule is CNc1cc(Cl)cc(COc2c(Br)cc(NC(=O)CC(=O)O)cc2Br)c1.CNc1cc(Cl)cc(COc2c(Cl)cc(NC(=O)CC(=O)O)cc2Cl)c1. The molecule has 0 aromatic heterocycles. The number of rotatable bonds is 14. The molecule has 0 aliphatic heterocycles. The van der Waals surface area contributed by atoms with Crippen LogP contribution in [0.15, 0.2) is 69.6 Å². The molecule has 2 amide bonds. The van der Waals surface area contributed by atoms with Crippen molar-refractivity contribution >= 4 is 125 Å². The molecule has 4 rings (SSSR count). The zero-order valence-electron chi connectivity index (χ0n) is 27.2. The smallest absolute Gasteiger partial charge is 0.312 e. The Hall–Kier alpha value is -3.92. The highest BCUT2D eigenvalue weighted by Gasteiger charge is 2.15. The van der Waals surface area contributed by atoms with Crippen molar-refractivity contribution in [3.63, 3.8) is 0 Å². The molecule has 0 spiro atoms. The van der Waals surface area contributed by atoms with Crippen LogP contribution in [-0.2, 0) is 32.4 Å². The van der Waals surface area contributed by atoms with Crippen molar-refractivity contribution in [2.24, 2.45) is 0 Å². The number of carboxylic acid groups (broad SMARTS) is 2. The first-order valence-electron chi connectivity index (χ1n) is 14.8. The molecule has 0 fully saturated rings. The Morgan fingerprint density at radius 3 is 1.35 bits per heavy atom. The lowest BCUT2D eigenvalue weighted by Gasteiger charge is -2.13. The standard InChI is InChI=1S/C17H15Br2ClN2O4.C17H15Cl3N2O4/c1-21-11-3-9(2-10(20)4-11)8-26-17-13(18)5-12(6-14(17)19)22-15(23)7-16(24)25;1-21-11-3-9(2-10(18)4-11)8-26-17-13(19)5-12(6-14(17)20)22-15(23)7-16(24)25/h2*2-6,21H,7-8H2,1H3,(H,22,23)(H,24,25). The third-order valence-electron chi connectivity index (χ3n) is 6.45. The van der Waals surface area contributed by atoms with Crippen LogP contribution >= 0.6 is 78.3 Å². The molecule has 0 aliphatic carbocycles. The molecule has 0 bridgehead atoms. The maximum Gasteiger partial charge on any atom is 0.312 e. The molecule has 0 saturated heterocycles. The van der Waals surface area contributed by atoms with E-state index >= 15 is 0 Å². The molecule has 18 heteroatoms. The fraction of sp³-hybridized carbons (Fsp3) is 0.176. The molecular weight excluding hydrogens is 894 g/mol. The quantitative estimate of drug-likeness (QED) is 0.0669. The van der Waals surface area contributed by atoms with Gasteiger partial charge in [0.15, 0.2) is 5.75 Å². The Morgan fingerprint density at radius 2 is 0.962 bits per heavy atom. The molecular formula is C34H30Br2Cl4N4O8. The van der Waals surface area contributed by atoms with Crippen molar-refractivity contribution in [1.29, 1.82) is 0 Å². The zero-order valence-corrected chi connectivity index (χ0v) is 33.4. The first-order valence-corrected chi connectivity index (χ1v) is 17.9. The average molecular weight is 924 g/mol. The number of carbonyl (C=O) groups is 4. The van der Waals surface area contributed by atoms with Crippen molar-refractivity contribution in [2.75, 3.05) is 35.4 Å². The van der Waals surface area contributed by atoms with Gasteiger partial charge in [-0.1, -0.05) is 46.4 Å². The summed E-state index contributed by atoms with van der Waals surface area (Å²) in [6.45, 7) is 0.469. The number of benzene rings is 4. The van der Waals surface area contributed by atoms with E-state index in [1.807, 2.05) is 24.3 Å². The van der Waals surface area contributed by atoms with Crippen LogP contribution in [0.25, 0.3) is 0 Å². The van der Waals surface area contributed by atoms with Crippen LogP contribution in [0.1, 0.15) is 24.0 Å². The summed E-state index contributed by atoms with van der Waals surface area (Å²) in [7, 11) is 3.59. The molecule has 0 unspecified atom stereocenters. The molecule has 0 radical (unpaired) electrons. The van der Waals surface area contributed by atoms with Gasteiger partial charge in [0, 0.05) is 46.9 Å². The molecule has 0 saturated carbocycles. The van der Waals surface area contributed by atoms with Crippen molar-refractivity contribution in [3.05, 3.63) is 101 Å². The lowest BCUT2D eigenvalue weighted by atomic mass is 10.2. The maximum absolute atomic E-state index is 11.6. The van der Waals surface area contributed by atoms with Gasteiger partial charge in [0.05, 0.1) is 19.0 Å². The van der Waals surface area contributed by atoms with Crippen LogP contribution in [-0.4, -0.2) is 48.1 Å². The van der Waals surface area contributed by atoms with Crippen molar-refractivity contribution in [2.45, 2.75) is 26.1 Å². The van der Waals surface area contributed by atoms with Crippen molar-refractivity contribution < 1.29 is 38.9 Å². The molecule has 0 heterocycles. The first kappa shape index (κ1) is 42.5. The van der Waals surface area contributed by atoms with Crippen LogP contribution < -0.4 is 30.7 Å². The number of aliphatic carboxylic acids is 2. The van der Waals surface area contributed by atoms with E-state index in [1.165, 1.54) is 12.1 Å². The van der Waals surface area contributed by atoms with Crippen LogP contribution in [0.2, 0.25) is 20.1 Å². The van der Waals surface area contributed by atoms with Crippen molar-refractivity contribution in [1.82, 2.24) is 0 Å². The zero-order chi connectivity index (χ0) is 38.5. The lowest BCUT2D eigenvalue weighted by Crippen LogP contribution is -2.16. The van der Waals surface area contributed by atoms with Crippen LogP contribution in [0.4, 0.5) is 22.7 Å². The molecule has 52 heavy (non-hydrogen) atoms. The number of hydrogen-bond acceptors (Lipinski definition) is 8. The Kier molecular flexibility index (Phi) is 16.6. The fourth-order valence-electron chi connectivity index (χ4n) is 4.29. The molecule has 0 aliphatic rings. The summed E-state index contributed by atoms with van der Waals surface area (Å²) in [6.07, 6.45) is -1.26. The summed E-state index contributed by atoms with van der Waals surface area (Å²) in [6, 6.07) is 17.1. The van der Waals surface area contributed by atoms with Gasteiger partial charge in [0.1, 0.15) is 31.8 Å². The molecule has 4 aromatic rings. The molecule has 4 aromatic carbocycles. The van der Waals surface area contributed by atoms with Crippen LogP contribution in [0.5, 0.6) is 11.5 Å². The van der Waals surface area contributed by atoms with Gasteiger partial charge in [-0.15, -0.1) is 0 Å². The van der Waals surface area contributed by atoms with E-state index in [0.717, 1.165) is 22.5 Å². The van der Waals surface area contributed by atoms with Gasteiger partial charge < -0.3 is 41.0 Å². The van der Waals surface area contributed by atoms with Gasteiger partial charge in [-0.05, 0) is 104 Å². The number of carbonyl (C=O) groups excluding carboxylic acids is 2. The molecule has 276 valence electrons. The number of amides is 2. The van der Waals surface area contributed by atoms with Gasteiger partial charge in [0.2, 0.25) is 11.8 Å². The van der Waals surface area contributed by atoms with Crippen LogP contribution in [0.3, 0.4) is 0 Å². The maximum atomic E-state index is 11.6. The Balaban J connectivity index is 0.000000280. The van der Waals surface area contributed by atoms with E-state index in [1.54, 1.807) is 38.4 Å². The predicted octanol–water partition coefficient (Wildman–Crippen LogP) is 9.58. The number of anilines is 4. The van der Waals surface area contributed by atoms with E-state index in [-0.39, 0.29) is 34.7 Å². The first-order chi connectivity index (χ1) is 24.6. The Bertz CT molecular complexity index is 1780. The van der Waals surface area contributed by atoms with Crippen molar-refractivity contribution in [3.8, 4) is 11.5 Å². The molecule has 0 atom stereocenters. The van der Waals surface area contributed by atoms with Gasteiger partial charge in [-0.3, -0.25) is 19.2 Å². The van der Waals surface area contributed by atoms with Gasteiger partial charge in [-0.25, -0.2) is 0 Å². The number of ether oxygens (including phenoxy) is 2. The van der Waals surface area contributed by atoms with Gasteiger partial charge >= 0.3 is 11.9 Å². The van der Waals surface area contributed by atoms with E-state index in [0.29, 0.717) is 30.4 Å². The van der Waals surface area contributed by atoms with Gasteiger partial charge in [0.25, 0.3) is 0 Å². The highest BCUT2D eigenvalue weighted by Crippen LogP contribution is 2.38.